The fourth-order valence-corrected chi connectivity index (χ4v) is 2.58. The number of ether oxygens (including phenoxy) is 1. The molecule has 0 aromatic rings. The number of methoxy groups -OCH3 is 1. The molecule has 1 atom stereocenters. The van der Waals surface area contributed by atoms with Crippen molar-refractivity contribution >= 4 is 5.97 Å². The van der Waals surface area contributed by atoms with E-state index in [0.29, 0.717) is 19.3 Å². The van der Waals surface area contributed by atoms with Gasteiger partial charge >= 0.3 is 5.97 Å². The van der Waals surface area contributed by atoms with E-state index in [1.54, 1.807) is 0 Å². The summed E-state index contributed by atoms with van der Waals surface area (Å²) in [6.45, 7) is 3.76. The first-order valence-electron chi connectivity index (χ1n) is 5.81. The minimum atomic E-state index is -0.868. The van der Waals surface area contributed by atoms with Gasteiger partial charge < -0.3 is 9.84 Å². The first-order chi connectivity index (χ1) is 7.00. The third-order valence-corrected chi connectivity index (χ3v) is 4.05. The van der Waals surface area contributed by atoms with Crippen molar-refractivity contribution in [2.75, 3.05) is 7.11 Å². The van der Waals surface area contributed by atoms with E-state index >= 15 is 0 Å². The van der Waals surface area contributed by atoms with Crippen molar-refractivity contribution in [1.29, 1.82) is 0 Å². The van der Waals surface area contributed by atoms with Gasteiger partial charge in [0.25, 0.3) is 0 Å². The maximum atomic E-state index is 11.8. The van der Waals surface area contributed by atoms with Crippen molar-refractivity contribution < 1.29 is 14.6 Å². The lowest BCUT2D eigenvalue weighted by Gasteiger charge is -2.44. The Morgan fingerprint density at radius 3 is 2.33 bits per heavy atom. The van der Waals surface area contributed by atoms with Crippen LogP contribution in [-0.2, 0) is 9.53 Å². The first kappa shape index (κ1) is 12.5. The molecule has 1 fully saturated rings. The topological polar surface area (TPSA) is 46.5 Å². The molecule has 0 aromatic heterocycles. The molecule has 0 aromatic carbocycles. The summed E-state index contributed by atoms with van der Waals surface area (Å²) in [5.41, 5.74) is -1.62. The van der Waals surface area contributed by atoms with E-state index in [1.165, 1.54) is 7.11 Å². The van der Waals surface area contributed by atoms with Gasteiger partial charge in [-0.25, -0.2) is 0 Å². The minimum Gasteiger partial charge on any atom is -0.469 e. The molecular weight excluding hydrogens is 192 g/mol. The summed E-state index contributed by atoms with van der Waals surface area (Å²) in [6, 6.07) is 0. The fraction of sp³-hybridized carbons (Fsp3) is 0.917. The molecule has 88 valence electrons. The van der Waals surface area contributed by atoms with Crippen molar-refractivity contribution in [3.8, 4) is 0 Å². The van der Waals surface area contributed by atoms with Crippen molar-refractivity contribution in [2.24, 2.45) is 5.41 Å². The van der Waals surface area contributed by atoms with E-state index in [9.17, 15) is 9.90 Å². The first-order valence-corrected chi connectivity index (χ1v) is 5.81. The summed E-state index contributed by atoms with van der Waals surface area (Å²) in [4.78, 5) is 11.8. The summed E-state index contributed by atoms with van der Waals surface area (Å²) in [6.07, 6.45) is 5.21. The second-order valence-electron chi connectivity index (χ2n) is 4.77. The lowest BCUT2D eigenvalue weighted by molar-refractivity contribution is -0.176. The van der Waals surface area contributed by atoms with Gasteiger partial charge in [-0.15, -0.1) is 0 Å². The molecule has 0 spiro atoms. The number of rotatable bonds is 3. The Hall–Kier alpha value is -0.570. The van der Waals surface area contributed by atoms with Crippen LogP contribution >= 0.6 is 0 Å². The highest BCUT2D eigenvalue weighted by Crippen LogP contribution is 2.45. The minimum absolute atomic E-state index is 0.283. The van der Waals surface area contributed by atoms with Crippen LogP contribution in [0.3, 0.4) is 0 Å². The number of carbonyl (C=O) groups excluding carboxylic acids is 1. The molecule has 1 unspecified atom stereocenters. The molecule has 0 radical (unpaired) electrons. The van der Waals surface area contributed by atoms with Crippen LogP contribution in [0.4, 0.5) is 0 Å². The van der Waals surface area contributed by atoms with Crippen molar-refractivity contribution in [3.05, 3.63) is 0 Å². The van der Waals surface area contributed by atoms with E-state index in [0.717, 1.165) is 19.3 Å². The van der Waals surface area contributed by atoms with Gasteiger partial charge in [-0.1, -0.05) is 26.2 Å². The molecule has 1 rings (SSSR count). The van der Waals surface area contributed by atoms with E-state index in [4.69, 9.17) is 4.74 Å². The van der Waals surface area contributed by atoms with Crippen LogP contribution in [0.1, 0.15) is 52.4 Å². The highest BCUT2D eigenvalue weighted by Gasteiger charge is 2.51. The van der Waals surface area contributed by atoms with Crippen molar-refractivity contribution in [3.63, 3.8) is 0 Å². The summed E-state index contributed by atoms with van der Waals surface area (Å²) < 4.78 is 4.83. The van der Waals surface area contributed by atoms with Gasteiger partial charge in [0.05, 0.1) is 18.1 Å². The van der Waals surface area contributed by atoms with E-state index in [2.05, 4.69) is 0 Å². The zero-order valence-corrected chi connectivity index (χ0v) is 10.0. The monoisotopic (exact) mass is 214 g/mol. The average molecular weight is 214 g/mol. The van der Waals surface area contributed by atoms with Crippen LogP contribution in [0.2, 0.25) is 0 Å². The summed E-state index contributed by atoms with van der Waals surface area (Å²) >= 11 is 0. The molecule has 1 aliphatic rings. The van der Waals surface area contributed by atoms with Crippen LogP contribution < -0.4 is 0 Å². The van der Waals surface area contributed by atoms with Gasteiger partial charge in [0.2, 0.25) is 0 Å². The van der Waals surface area contributed by atoms with E-state index in [1.807, 2.05) is 13.8 Å². The molecule has 1 N–H and O–H groups in total. The summed E-state index contributed by atoms with van der Waals surface area (Å²) in [7, 11) is 1.39. The van der Waals surface area contributed by atoms with Gasteiger partial charge in [-0.2, -0.15) is 0 Å². The average Bonchev–Trinajstić information content (AvgIpc) is 2.27. The lowest BCUT2D eigenvalue weighted by Crippen LogP contribution is -2.52. The van der Waals surface area contributed by atoms with Crippen LogP contribution in [0, 0.1) is 5.41 Å². The largest absolute Gasteiger partial charge is 0.469 e. The van der Waals surface area contributed by atoms with Crippen LogP contribution in [0.25, 0.3) is 0 Å². The molecule has 3 nitrogen and oxygen atoms in total. The predicted molar refractivity (Wildman–Crippen MR) is 58.4 cm³/mol. The number of esters is 1. The Balaban J connectivity index is 2.92. The van der Waals surface area contributed by atoms with Crippen LogP contribution in [-0.4, -0.2) is 23.8 Å². The predicted octanol–water partition coefficient (Wildman–Crippen LogP) is 2.27. The van der Waals surface area contributed by atoms with Gasteiger partial charge in [0.15, 0.2) is 0 Å². The Morgan fingerprint density at radius 1 is 1.40 bits per heavy atom. The number of aliphatic hydroxyl groups is 1. The SMILES string of the molecule is CCC(C)(C(=O)OC)C1(O)CCCCC1. The molecule has 0 amide bonds. The Morgan fingerprint density at radius 2 is 1.93 bits per heavy atom. The highest BCUT2D eigenvalue weighted by molar-refractivity contribution is 5.77. The maximum Gasteiger partial charge on any atom is 0.314 e. The van der Waals surface area contributed by atoms with Crippen LogP contribution in [0.15, 0.2) is 0 Å². The number of hydrogen-bond donors (Lipinski definition) is 1. The standard InChI is InChI=1S/C12H22O3/c1-4-11(2,10(13)15-3)12(14)8-6-5-7-9-12/h14H,4-9H2,1-3H3. The van der Waals surface area contributed by atoms with Gasteiger partial charge in [-0.05, 0) is 26.2 Å². The van der Waals surface area contributed by atoms with Gasteiger partial charge in [0.1, 0.15) is 0 Å². The second kappa shape index (κ2) is 4.52. The van der Waals surface area contributed by atoms with Gasteiger partial charge in [-0.3, -0.25) is 4.79 Å². The molecule has 0 heterocycles. The zero-order chi connectivity index (χ0) is 11.5. The smallest absolute Gasteiger partial charge is 0.314 e. The lowest BCUT2D eigenvalue weighted by atomic mass is 9.64. The zero-order valence-electron chi connectivity index (χ0n) is 10.0. The molecule has 0 bridgehead atoms. The quantitative estimate of drug-likeness (QED) is 0.733. The summed E-state index contributed by atoms with van der Waals surface area (Å²) in [5.74, 6) is -0.283. The number of hydrogen-bond acceptors (Lipinski definition) is 3. The van der Waals surface area contributed by atoms with E-state index in [-0.39, 0.29) is 5.97 Å². The molecule has 0 aliphatic heterocycles. The maximum absolute atomic E-state index is 11.8. The Labute approximate surface area is 91.8 Å². The van der Waals surface area contributed by atoms with Crippen LogP contribution in [0.5, 0.6) is 0 Å². The molecule has 1 saturated carbocycles. The van der Waals surface area contributed by atoms with E-state index < -0.39 is 11.0 Å². The number of carbonyl (C=O) groups is 1. The second-order valence-corrected chi connectivity index (χ2v) is 4.77. The molecule has 3 heteroatoms. The summed E-state index contributed by atoms with van der Waals surface area (Å²) in [5, 5.41) is 10.6. The molecule has 15 heavy (non-hydrogen) atoms. The highest BCUT2D eigenvalue weighted by atomic mass is 16.5. The fourth-order valence-electron chi connectivity index (χ4n) is 2.58. The molecule has 1 aliphatic carbocycles. The molecule has 0 saturated heterocycles. The Kier molecular flexibility index (Phi) is 3.77. The van der Waals surface area contributed by atoms with Gasteiger partial charge in [0, 0.05) is 0 Å². The Bertz CT molecular complexity index is 231. The third kappa shape index (κ3) is 2.03. The normalized spacial score (nSPS) is 24.3. The molecular formula is C12H22O3. The van der Waals surface area contributed by atoms with Crippen molar-refractivity contribution in [2.45, 2.75) is 58.0 Å². The van der Waals surface area contributed by atoms with Crippen molar-refractivity contribution in [1.82, 2.24) is 0 Å². The third-order valence-electron chi connectivity index (χ3n) is 4.05.